The smallest absolute Gasteiger partial charge is 0.409 e. The van der Waals surface area contributed by atoms with Crippen molar-refractivity contribution in [1.29, 1.82) is 0 Å². The zero-order valence-electron chi connectivity index (χ0n) is 15.6. The van der Waals surface area contributed by atoms with Gasteiger partial charge in [0.05, 0.1) is 19.8 Å². The average molecular weight is 367 g/mol. The number of amides is 1. The summed E-state index contributed by atoms with van der Waals surface area (Å²) in [6.07, 6.45) is -0.345. The van der Waals surface area contributed by atoms with E-state index in [2.05, 4.69) is 24.3 Å². The molecule has 2 aliphatic rings. The summed E-state index contributed by atoms with van der Waals surface area (Å²) in [4.78, 5) is 14.4. The maximum atomic E-state index is 12.7. The molecule has 1 saturated heterocycles. The molecule has 1 atom stereocenters. The summed E-state index contributed by atoms with van der Waals surface area (Å²) in [5, 5.41) is 9.64. The van der Waals surface area contributed by atoms with Crippen LogP contribution in [0.3, 0.4) is 0 Å². The fourth-order valence-electron chi connectivity index (χ4n) is 4.02. The van der Waals surface area contributed by atoms with Gasteiger partial charge in [0.15, 0.2) is 0 Å². The zero-order chi connectivity index (χ0) is 18.9. The summed E-state index contributed by atoms with van der Waals surface area (Å²) < 4.78 is 11.3. The van der Waals surface area contributed by atoms with Crippen LogP contribution in [0.25, 0.3) is 11.1 Å². The lowest BCUT2D eigenvalue weighted by atomic mass is 9.92. The number of ether oxygens (including phenoxy) is 2. The van der Waals surface area contributed by atoms with Crippen molar-refractivity contribution >= 4 is 6.09 Å². The zero-order valence-corrected chi connectivity index (χ0v) is 15.6. The molecule has 2 aromatic rings. The SMILES string of the molecule is CC1(CO)COCCN(C(=O)OCC2c3ccccc3-c3ccccc32)C1. The molecule has 1 N–H and O–H groups in total. The molecule has 1 unspecified atom stereocenters. The van der Waals surface area contributed by atoms with E-state index in [1.807, 2.05) is 31.2 Å². The lowest BCUT2D eigenvalue weighted by Crippen LogP contribution is -2.42. The third kappa shape index (κ3) is 3.45. The molecule has 5 heteroatoms. The van der Waals surface area contributed by atoms with Crippen LogP contribution >= 0.6 is 0 Å². The molecule has 1 fully saturated rings. The van der Waals surface area contributed by atoms with E-state index in [4.69, 9.17) is 9.47 Å². The molecule has 4 rings (SSSR count). The quantitative estimate of drug-likeness (QED) is 0.905. The van der Waals surface area contributed by atoms with E-state index in [0.717, 1.165) is 0 Å². The maximum absolute atomic E-state index is 12.7. The van der Waals surface area contributed by atoms with Gasteiger partial charge < -0.3 is 19.5 Å². The molecule has 142 valence electrons. The van der Waals surface area contributed by atoms with Gasteiger partial charge in [-0.3, -0.25) is 0 Å². The van der Waals surface area contributed by atoms with E-state index in [1.165, 1.54) is 22.3 Å². The predicted molar refractivity (Wildman–Crippen MR) is 103 cm³/mol. The van der Waals surface area contributed by atoms with Crippen molar-refractivity contribution in [2.45, 2.75) is 12.8 Å². The molecule has 2 aromatic carbocycles. The first-order valence-corrected chi connectivity index (χ1v) is 9.40. The van der Waals surface area contributed by atoms with E-state index in [1.54, 1.807) is 4.90 Å². The molecule has 0 spiro atoms. The first-order chi connectivity index (χ1) is 13.1. The molecule has 1 aliphatic carbocycles. The van der Waals surface area contributed by atoms with Crippen LogP contribution in [0.4, 0.5) is 4.79 Å². The van der Waals surface area contributed by atoms with Gasteiger partial charge in [-0.15, -0.1) is 0 Å². The molecule has 0 radical (unpaired) electrons. The van der Waals surface area contributed by atoms with Crippen molar-refractivity contribution in [3.63, 3.8) is 0 Å². The fourth-order valence-corrected chi connectivity index (χ4v) is 4.02. The average Bonchev–Trinajstić information content (AvgIpc) is 2.87. The van der Waals surface area contributed by atoms with Crippen molar-refractivity contribution in [2.75, 3.05) is 39.5 Å². The lowest BCUT2D eigenvalue weighted by Gasteiger charge is -2.30. The third-order valence-electron chi connectivity index (χ3n) is 5.50. The highest BCUT2D eigenvalue weighted by molar-refractivity contribution is 5.79. The fraction of sp³-hybridized carbons (Fsp3) is 0.409. The Morgan fingerprint density at radius 1 is 1.19 bits per heavy atom. The highest BCUT2D eigenvalue weighted by atomic mass is 16.6. The number of hydrogen-bond donors (Lipinski definition) is 1. The largest absolute Gasteiger partial charge is 0.448 e. The Kier molecular flexibility index (Phi) is 4.89. The molecule has 1 aliphatic heterocycles. The van der Waals surface area contributed by atoms with Crippen LogP contribution in [0.1, 0.15) is 24.0 Å². The molecular formula is C22H25NO4. The minimum absolute atomic E-state index is 0.0276. The number of aliphatic hydroxyl groups excluding tert-OH is 1. The summed E-state index contributed by atoms with van der Waals surface area (Å²) in [5.41, 5.74) is 4.37. The number of benzene rings is 2. The minimum Gasteiger partial charge on any atom is -0.448 e. The summed E-state index contributed by atoms with van der Waals surface area (Å²) >= 11 is 0. The van der Waals surface area contributed by atoms with Crippen molar-refractivity contribution in [3.8, 4) is 11.1 Å². The van der Waals surface area contributed by atoms with Gasteiger partial charge in [0.1, 0.15) is 6.61 Å². The molecule has 27 heavy (non-hydrogen) atoms. The summed E-state index contributed by atoms with van der Waals surface area (Å²) in [6, 6.07) is 16.6. The number of aliphatic hydroxyl groups is 1. The number of rotatable bonds is 3. The summed E-state index contributed by atoms with van der Waals surface area (Å²) in [5.74, 6) is 0.0498. The first-order valence-electron chi connectivity index (χ1n) is 9.40. The Morgan fingerprint density at radius 3 is 2.44 bits per heavy atom. The van der Waals surface area contributed by atoms with Gasteiger partial charge in [0.25, 0.3) is 0 Å². The predicted octanol–water partition coefficient (Wildman–Crippen LogP) is 3.27. The number of nitrogens with zero attached hydrogens (tertiary/aromatic N) is 1. The molecule has 0 aromatic heterocycles. The third-order valence-corrected chi connectivity index (χ3v) is 5.50. The molecule has 0 bridgehead atoms. The van der Waals surface area contributed by atoms with Gasteiger partial charge in [0.2, 0.25) is 0 Å². The summed E-state index contributed by atoms with van der Waals surface area (Å²) in [7, 11) is 0. The topological polar surface area (TPSA) is 59.0 Å². The van der Waals surface area contributed by atoms with Crippen molar-refractivity contribution in [3.05, 3.63) is 59.7 Å². The van der Waals surface area contributed by atoms with Gasteiger partial charge in [-0.2, -0.15) is 0 Å². The van der Waals surface area contributed by atoms with Crippen LogP contribution in [-0.2, 0) is 9.47 Å². The monoisotopic (exact) mass is 367 g/mol. The molecule has 1 heterocycles. The van der Waals surface area contributed by atoms with E-state index >= 15 is 0 Å². The van der Waals surface area contributed by atoms with Gasteiger partial charge in [-0.05, 0) is 22.3 Å². The number of carbonyl (C=O) groups is 1. The van der Waals surface area contributed by atoms with Crippen LogP contribution in [0.15, 0.2) is 48.5 Å². The van der Waals surface area contributed by atoms with Crippen LogP contribution in [-0.4, -0.2) is 55.6 Å². The Balaban J connectivity index is 1.49. The van der Waals surface area contributed by atoms with E-state index in [0.29, 0.717) is 32.9 Å². The van der Waals surface area contributed by atoms with Gasteiger partial charge in [-0.25, -0.2) is 4.79 Å². The van der Waals surface area contributed by atoms with Gasteiger partial charge in [0, 0.05) is 24.4 Å². The van der Waals surface area contributed by atoms with Crippen LogP contribution in [0, 0.1) is 5.41 Å². The van der Waals surface area contributed by atoms with E-state index < -0.39 is 5.41 Å². The Hall–Kier alpha value is -2.37. The summed E-state index contributed by atoms with van der Waals surface area (Å²) in [6.45, 7) is 4.01. The Bertz CT molecular complexity index is 791. The minimum atomic E-state index is -0.456. The molecule has 0 saturated carbocycles. The second-order valence-corrected chi connectivity index (χ2v) is 7.75. The number of hydrogen-bond acceptors (Lipinski definition) is 4. The van der Waals surface area contributed by atoms with E-state index in [-0.39, 0.29) is 18.6 Å². The Labute approximate surface area is 159 Å². The number of fused-ring (bicyclic) bond motifs is 3. The van der Waals surface area contributed by atoms with Gasteiger partial charge >= 0.3 is 6.09 Å². The highest BCUT2D eigenvalue weighted by Gasteiger charge is 2.34. The maximum Gasteiger partial charge on any atom is 0.409 e. The van der Waals surface area contributed by atoms with Crippen molar-refractivity contribution < 1.29 is 19.4 Å². The highest BCUT2D eigenvalue weighted by Crippen LogP contribution is 2.44. The second kappa shape index (κ2) is 7.33. The van der Waals surface area contributed by atoms with Gasteiger partial charge in [-0.1, -0.05) is 55.5 Å². The van der Waals surface area contributed by atoms with Crippen LogP contribution in [0.5, 0.6) is 0 Å². The second-order valence-electron chi connectivity index (χ2n) is 7.75. The standard InChI is InChI=1S/C22H25NO4/c1-22(14-24)13-23(10-11-26-15-22)21(25)27-12-20-18-8-4-2-6-16(18)17-7-3-5-9-19(17)20/h2-9,20,24H,10-15H2,1H3. The molecular weight excluding hydrogens is 342 g/mol. The lowest BCUT2D eigenvalue weighted by molar-refractivity contribution is 0.0335. The Morgan fingerprint density at radius 2 is 1.81 bits per heavy atom. The number of carbonyl (C=O) groups excluding carboxylic acids is 1. The first kappa shape index (κ1) is 18.0. The van der Waals surface area contributed by atoms with Crippen molar-refractivity contribution in [1.82, 2.24) is 4.90 Å². The molecule has 1 amide bonds. The van der Waals surface area contributed by atoms with Crippen molar-refractivity contribution in [2.24, 2.45) is 5.41 Å². The van der Waals surface area contributed by atoms with E-state index in [9.17, 15) is 9.90 Å². The van der Waals surface area contributed by atoms with Crippen LogP contribution < -0.4 is 0 Å². The normalized spacial score (nSPS) is 22.1. The van der Waals surface area contributed by atoms with Crippen LogP contribution in [0.2, 0.25) is 0 Å². The molecule has 5 nitrogen and oxygen atoms in total.